The molecule has 1 N–H and O–H groups in total. The van der Waals surface area contributed by atoms with Gasteiger partial charge in [-0.1, -0.05) is 20.8 Å². The smallest absolute Gasteiger partial charge is 0.449 e. The van der Waals surface area contributed by atoms with Gasteiger partial charge in [0.2, 0.25) is 0 Å². The lowest BCUT2D eigenvalue weighted by Gasteiger charge is -2.38. The van der Waals surface area contributed by atoms with Crippen LogP contribution in [0.2, 0.25) is 0 Å². The molecule has 0 aromatic rings. The Kier molecular flexibility index (Phi) is 6.32. The van der Waals surface area contributed by atoms with Gasteiger partial charge in [-0.2, -0.15) is 4.89 Å². The van der Waals surface area contributed by atoms with Crippen LogP contribution in [0.3, 0.4) is 0 Å². The van der Waals surface area contributed by atoms with Crippen molar-refractivity contribution in [2.75, 3.05) is 0 Å². The number of esters is 2. The molecule has 2 bridgehead atoms. The normalized spacial score (nSPS) is 28.5. The van der Waals surface area contributed by atoms with Gasteiger partial charge in [-0.15, -0.1) is 0 Å². The highest BCUT2D eigenvalue weighted by atomic mass is 17.2. The van der Waals surface area contributed by atoms with Crippen molar-refractivity contribution < 1.29 is 43.5 Å². The highest BCUT2D eigenvalue weighted by Crippen LogP contribution is 2.66. The zero-order valence-corrected chi connectivity index (χ0v) is 17.8. The van der Waals surface area contributed by atoms with Gasteiger partial charge in [-0.25, -0.2) is 19.2 Å². The van der Waals surface area contributed by atoms with Gasteiger partial charge in [0.05, 0.1) is 0 Å². The van der Waals surface area contributed by atoms with Crippen LogP contribution >= 0.6 is 0 Å². The van der Waals surface area contributed by atoms with Crippen LogP contribution in [0.4, 0.5) is 0 Å². The first-order valence-electron chi connectivity index (χ1n) is 9.74. The molecule has 2 aliphatic carbocycles. The lowest BCUT2D eigenvalue weighted by Crippen LogP contribution is -2.40. The minimum atomic E-state index is -1.79. The third-order valence-corrected chi connectivity index (χ3v) is 6.73. The molecule has 0 heterocycles. The van der Waals surface area contributed by atoms with E-state index in [0.29, 0.717) is 5.92 Å². The van der Waals surface area contributed by atoms with Crippen molar-refractivity contribution in [2.45, 2.75) is 85.0 Å². The molecule has 2 fully saturated rings. The van der Waals surface area contributed by atoms with Crippen molar-refractivity contribution in [1.29, 1.82) is 0 Å². The topological polar surface area (TPSA) is 125 Å². The van der Waals surface area contributed by atoms with Gasteiger partial charge in [0.1, 0.15) is 17.8 Å². The summed E-state index contributed by atoms with van der Waals surface area (Å²) in [6, 6.07) is 0. The number of hydrogen-bond acceptors (Lipinski definition) is 8. The Morgan fingerprint density at radius 1 is 1.10 bits per heavy atom. The first-order valence-corrected chi connectivity index (χ1v) is 9.74. The molecular weight excluding hydrogens is 384 g/mol. The van der Waals surface area contributed by atoms with Crippen molar-refractivity contribution in [3.8, 4) is 0 Å². The predicted octanol–water partition coefficient (Wildman–Crippen LogP) is 2.40. The van der Waals surface area contributed by atoms with Crippen LogP contribution in [0, 0.1) is 16.7 Å². The molecule has 2 saturated carbocycles. The quantitative estimate of drug-likeness (QED) is 0.302. The van der Waals surface area contributed by atoms with Crippen molar-refractivity contribution in [2.24, 2.45) is 16.7 Å². The third-order valence-electron chi connectivity index (χ3n) is 6.73. The Bertz CT molecular complexity index is 696. The Hall–Kier alpha value is -2.16. The molecule has 0 aromatic heterocycles. The zero-order valence-electron chi connectivity index (χ0n) is 17.8. The van der Waals surface area contributed by atoms with E-state index in [1.807, 2.05) is 0 Å². The molecule has 2 rings (SSSR count). The molecule has 0 amide bonds. The average molecular weight is 414 g/mol. The Labute approximate surface area is 169 Å². The molecular formula is C20H30O9. The van der Waals surface area contributed by atoms with E-state index in [1.165, 1.54) is 20.8 Å². The van der Waals surface area contributed by atoms with Crippen LogP contribution in [-0.4, -0.2) is 46.8 Å². The fraction of sp³-hybridized carbons (Fsp3) is 0.800. The maximum absolute atomic E-state index is 12.3. The van der Waals surface area contributed by atoms with E-state index < -0.39 is 35.6 Å². The molecule has 2 aliphatic rings. The van der Waals surface area contributed by atoms with Crippen molar-refractivity contribution in [3.63, 3.8) is 0 Å². The first-order chi connectivity index (χ1) is 13.2. The molecule has 0 spiro atoms. The minimum absolute atomic E-state index is 0.0455. The van der Waals surface area contributed by atoms with E-state index in [4.69, 9.17) is 19.5 Å². The Morgan fingerprint density at radius 3 is 2.21 bits per heavy atom. The number of carboxylic acids is 1. The minimum Gasteiger partial charge on any atom is -0.473 e. The monoisotopic (exact) mass is 414 g/mol. The third kappa shape index (κ3) is 4.71. The molecule has 164 valence electrons. The fourth-order valence-electron chi connectivity index (χ4n) is 4.67. The first kappa shape index (κ1) is 23.1. The lowest BCUT2D eigenvalue weighted by molar-refractivity contribution is -0.327. The number of hydrogen-bond donors (Lipinski definition) is 1. The standard InChI is InChI=1S/C20H30O9/c1-11(10-18(2,3)29-28-15(23)14(21)22)26-16(24)17(25)27-13-9-12-7-8-20(13,6)19(12,4)5/h11-13H,7-10H2,1-6H3,(H,21,22). The van der Waals surface area contributed by atoms with Gasteiger partial charge in [0.25, 0.3) is 0 Å². The number of ether oxygens (including phenoxy) is 2. The summed E-state index contributed by atoms with van der Waals surface area (Å²) in [6.45, 7) is 11.0. The van der Waals surface area contributed by atoms with Gasteiger partial charge in [-0.05, 0) is 51.4 Å². The maximum Gasteiger partial charge on any atom is 0.449 e. The van der Waals surface area contributed by atoms with Crippen LogP contribution in [0.1, 0.15) is 67.2 Å². The second-order valence-corrected chi connectivity index (χ2v) is 9.44. The number of aliphatic carboxylic acids is 1. The number of carbonyl (C=O) groups is 4. The maximum atomic E-state index is 12.3. The van der Waals surface area contributed by atoms with E-state index >= 15 is 0 Å². The molecule has 0 aromatic carbocycles. The summed E-state index contributed by atoms with van der Waals surface area (Å²) in [5.74, 6) is -5.01. The summed E-state index contributed by atoms with van der Waals surface area (Å²) in [5, 5.41) is 8.47. The van der Waals surface area contributed by atoms with E-state index in [2.05, 4.69) is 25.7 Å². The molecule has 4 unspecified atom stereocenters. The van der Waals surface area contributed by atoms with Crippen LogP contribution in [0.25, 0.3) is 0 Å². The van der Waals surface area contributed by atoms with Gasteiger partial charge < -0.3 is 14.6 Å². The number of rotatable bonds is 6. The van der Waals surface area contributed by atoms with Gasteiger partial charge in [0.15, 0.2) is 0 Å². The van der Waals surface area contributed by atoms with Gasteiger partial charge in [-0.3, -0.25) is 4.89 Å². The highest BCUT2D eigenvalue weighted by Gasteiger charge is 2.63. The SMILES string of the molecule is CC(CC(C)(C)OOC(=O)C(=O)O)OC(=O)C(=O)OC1CC2CCC1(C)C2(C)C. The molecule has 29 heavy (non-hydrogen) atoms. The van der Waals surface area contributed by atoms with Gasteiger partial charge >= 0.3 is 23.9 Å². The van der Waals surface area contributed by atoms with Crippen LogP contribution in [0.15, 0.2) is 0 Å². The molecule has 0 radical (unpaired) electrons. The van der Waals surface area contributed by atoms with E-state index in [0.717, 1.165) is 19.3 Å². The average Bonchev–Trinajstić information content (AvgIpc) is 2.92. The molecule has 9 heteroatoms. The summed E-state index contributed by atoms with van der Waals surface area (Å²) < 4.78 is 10.6. The largest absolute Gasteiger partial charge is 0.473 e. The fourth-order valence-corrected chi connectivity index (χ4v) is 4.67. The summed E-state index contributed by atoms with van der Waals surface area (Å²) in [6.07, 6.45) is 1.76. The second kappa shape index (κ2) is 7.93. The highest BCUT2D eigenvalue weighted by molar-refractivity contribution is 6.29. The van der Waals surface area contributed by atoms with Crippen LogP contribution in [0.5, 0.6) is 0 Å². The molecule has 0 aliphatic heterocycles. The number of carboxylic acid groups (broad SMARTS) is 1. The van der Waals surface area contributed by atoms with Crippen molar-refractivity contribution in [3.05, 3.63) is 0 Å². The summed E-state index contributed by atoms with van der Waals surface area (Å²) in [4.78, 5) is 54.8. The summed E-state index contributed by atoms with van der Waals surface area (Å²) >= 11 is 0. The lowest BCUT2D eigenvalue weighted by atomic mass is 9.70. The molecule has 0 saturated heterocycles. The number of fused-ring (bicyclic) bond motifs is 2. The van der Waals surface area contributed by atoms with Crippen LogP contribution < -0.4 is 0 Å². The zero-order chi connectivity index (χ0) is 22.2. The van der Waals surface area contributed by atoms with Gasteiger partial charge in [0, 0.05) is 11.8 Å². The molecule has 4 atom stereocenters. The number of carbonyl (C=O) groups excluding carboxylic acids is 3. The summed E-state index contributed by atoms with van der Waals surface area (Å²) in [5.41, 5.74) is -1.26. The van der Waals surface area contributed by atoms with Crippen molar-refractivity contribution >= 4 is 23.9 Å². The van der Waals surface area contributed by atoms with E-state index in [1.54, 1.807) is 0 Å². The Morgan fingerprint density at radius 2 is 1.72 bits per heavy atom. The van der Waals surface area contributed by atoms with E-state index in [-0.39, 0.29) is 23.4 Å². The predicted molar refractivity (Wildman–Crippen MR) is 98.2 cm³/mol. The summed E-state index contributed by atoms with van der Waals surface area (Å²) in [7, 11) is 0. The van der Waals surface area contributed by atoms with Crippen molar-refractivity contribution in [1.82, 2.24) is 0 Å². The molecule has 9 nitrogen and oxygen atoms in total. The second-order valence-electron chi connectivity index (χ2n) is 9.44. The Balaban J connectivity index is 1.84. The van der Waals surface area contributed by atoms with Crippen LogP contribution in [-0.2, 0) is 38.4 Å². The van der Waals surface area contributed by atoms with E-state index in [9.17, 15) is 19.2 Å².